The lowest BCUT2D eigenvalue weighted by Gasteiger charge is -2.33. The highest BCUT2D eigenvalue weighted by molar-refractivity contribution is 4.74. The third kappa shape index (κ3) is 9.00. The maximum Gasteiger partial charge on any atom is -0.00161 e. The SMILES string of the molecule is CC(C)(C)CCCCN1CCC(CCC(C)(C)C)CC1. The maximum absolute atomic E-state index is 2.70. The second-order valence-electron chi connectivity index (χ2n) is 9.40. The molecule has 1 nitrogen and oxygen atoms in total. The summed E-state index contributed by atoms with van der Waals surface area (Å²) in [6.07, 6.45) is 9.88. The van der Waals surface area contributed by atoms with Crippen molar-refractivity contribution in [1.82, 2.24) is 4.90 Å². The van der Waals surface area contributed by atoms with E-state index in [-0.39, 0.29) is 0 Å². The summed E-state index contributed by atoms with van der Waals surface area (Å²) in [6, 6.07) is 0. The van der Waals surface area contributed by atoms with Crippen molar-refractivity contribution >= 4 is 0 Å². The molecule has 20 heavy (non-hydrogen) atoms. The van der Waals surface area contributed by atoms with Crippen molar-refractivity contribution in [2.75, 3.05) is 19.6 Å². The van der Waals surface area contributed by atoms with Crippen LogP contribution in [-0.2, 0) is 0 Å². The summed E-state index contributed by atoms with van der Waals surface area (Å²) in [5, 5.41) is 0. The lowest BCUT2D eigenvalue weighted by Crippen LogP contribution is -2.34. The molecule has 1 saturated heterocycles. The van der Waals surface area contributed by atoms with Crippen LogP contribution < -0.4 is 0 Å². The summed E-state index contributed by atoms with van der Waals surface area (Å²) in [5.41, 5.74) is 1.03. The predicted molar refractivity (Wildman–Crippen MR) is 91.2 cm³/mol. The lowest BCUT2D eigenvalue weighted by atomic mass is 9.83. The van der Waals surface area contributed by atoms with Crippen molar-refractivity contribution in [3.63, 3.8) is 0 Å². The van der Waals surface area contributed by atoms with Crippen LogP contribution in [0.5, 0.6) is 0 Å². The Labute approximate surface area is 128 Å². The van der Waals surface area contributed by atoms with Gasteiger partial charge in [0.15, 0.2) is 0 Å². The van der Waals surface area contributed by atoms with Gasteiger partial charge in [0.05, 0.1) is 0 Å². The highest BCUT2D eigenvalue weighted by Gasteiger charge is 2.21. The number of nitrogens with zero attached hydrogens (tertiary/aromatic N) is 1. The monoisotopic (exact) mass is 281 g/mol. The van der Waals surface area contributed by atoms with Gasteiger partial charge in [-0.15, -0.1) is 0 Å². The highest BCUT2D eigenvalue weighted by Crippen LogP contribution is 2.29. The maximum atomic E-state index is 2.70. The normalized spacial score (nSPS) is 19.5. The van der Waals surface area contributed by atoms with Crippen LogP contribution in [0.3, 0.4) is 0 Å². The second-order valence-corrected chi connectivity index (χ2v) is 9.40. The van der Waals surface area contributed by atoms with Crippen LogP contribution >= 0.6 is 0 Å². The van der Waals surface area contributed by atoms with E-state index in [4.69, 9.17) is 0 Å². The number of hydrogen-bond donors (Lipinski definition) is 0. The van der Waals surface area contributed by atoms with E-state index in [1.54, 1.807) is 0 Å². The van der Waals surface area contributed by atoms with Crippen LogP contribution in [0.25, 0.3) is 0 Å². The number of unbranched alkanes of at least 4 members (excludes halogenated alkanes) is 1. The first kappa shape index (κ1) is 18.0. The second kappa shape index (κ2) is 7.82. The van der Waals surface area contributed by atoms with Crippen molar-refractivity contribution < 1.29 is 0 Å². The van der Waals surface area contributed by atoms with E-state index in [0.717, 1.165) is 5.92 Å². The standard InChI is InChI=1S/C19H39N/c1-18(2,3)12-7-8-14-20-15-10-17(11-16-20)9-13-19(4,5)6/h17H,7-16H2,1-6H3. The summed E-state index contributed by atoms with van der Waals surface area (Å²) >= 11 is 0. The molecule has 0 aromatic carbocycles. The molecule has 120 valence electrons. The Morgan fingerprint density at radius 3 is 1.85 bits per heavy atom. The van der Waals surface area contributed by atoms with Crippen molar-refractivity contribution in [2.45, 2.75) is 86.5 Å². The van der Waals surface area contributed by atoms with E-state index in [9.17, 15) is 0 Å². The van der Waals surface area contributed by atoms with Crippen LogP contribution in [0.15, 0.2) is 0 Å². The van der Waals surface area contributed by atoms with Gasteiger partial charge >= 0.3 is 0 Å². The summed E-state index contributed by atoms with van der Waals surface area (Å²) in [7, 11) is 0. The van der Waals surface area contributed by atoms with Crippen molar-refractivity contribution in [2.24, 2.45) is 16.7 Å². The zero-order valence-electron chi connectivity index (χ0n) is 15.1. The molecule has 0 amide bonds. The van der Waals surface area contributed by atoms with Gasteiger partial charge in [-0.3, -0.25) is 0 Å². The van der Waals surface area contributed by atoms with Gasteiger partial charge < -0.3 is 4.90 Å². The average molecular weight is 282 g/mol. The summed E-state index contributed by atoms with van der Waals surface area (Å²) < 4.78 is 0. The van der Waals surface area contributed by atoms with Gasteiger partial charge in [0.1, 0.15) is 0 Å². The van der Waals surface area contributed by atoms with Gasteiger partial charge in [0, 0.05) is 0 Å². The zero-order chi connectivity index (χ0) is 15.2. The Balaban J connectivity index is 2.07. The molecule has 1 heteroatoms. The molecule has 0 radical (unpaired) electrons. The van der Waals surface area contributed by atoms with Crippen molar-refractivity contribution in [3.8, 4) is 0 Å². The molecule has 1 fully saturated rings. The molecule has 0 saturated carbocycles. The quantitative estimate of drug-likeness (QED) is 0.561. The Hall–Kier alpha value is -0.0400. The largest absolute Gasteiger partial charge is 0.303 e. The highest BCUT2D eigenvalue weighted by atomic mass is 15.1. The van der Waals surface area contributed by atoms with Gasteiger partial charge in [-0.1, -0.05) is 48.0 Å². The molecule has 0 bridgehead atoms. The van der Waals surface area contributed by atoms with Crippen LogP contribution in [-0.4, -0.2) is 24.5 Å². The number of hydrogen-bond acceptors (Lipinski definition) is 1. The number of piperidine rings is 1. The van der Waals surface area contributed by atoms with Gasteiger partial charge in [-0.05, 0) is 74.9 Å². The van der Waals surface area contributed by atoms with E-state index in [1.807, 2.05) is 0 Å². The Morgan fingerprint density at radius 1 is 0.800 bits per heavy atom. The van der Waals surface area contributed by atoms with Gasteiger partial charge in [0.25, 0.3) is 0 Å². The minimum atomic E-state index is 0.514. The van der Waals surface area contributed by atoms with E-state index in [1.165, 1.54) is 64.6 Å². The molecule has 0 aromatic heterocycles. The lowest BCUT2D eigenvalue weighted by molar-refractivity contribution is 0.164. The molecule has 1 aliphatic rings. The smallest absolute Gasteiger partial charge is 0.00161 e. The van der Waals surface area contributed by atoms with E-state index < -0.39 is 0 Å². The first-order valence-electron chi connectivity index (χ1n) is 8.88. The molecule has 1 heterocycles. The molecule has 0 spiro atoms. The summed E-state index contributed by atoms with van der Waals surface area (Å²) in [6.45, 7) is 18.2. The first-order chi connectivity index (χ1) is 9.16. The first-order valence-corrected chi connectivity index (χ1v) is 8.88. The van der Waals surface area contributed by atoms with Crippen LogP contribution in [0, 0.1) is 16.7 Å². The Bertz CT molecular complexity index is 248. The number of likely N-dealkylation sites (tertiary alicyclic amines) is 1. The summed E-state index contributed by atoms with van der Waals surface area (Å²) in [5.74, 6) is 1.00. The van der Waals surface area contributed by atoms with Crippen LogP contribution in [0.4, 0.5) is 0 Å². The fourth-order valence-corrected chi connectivity index (χ4v) is 3.13. The third-order valence-corrected chi connectivity index (χ3v) is 4.66. The molecule has 0 N–H and O–H groups in total. The fourth-order valence-electron chi connectivity index (χ4n) is 3.13. The van der Waals surface area contributed by atoms with E-state index in [0.29, 0.717) is 10.8 Å². The van der Waals surface area contributed by atoms with Crippen LogP contribution in [0.2, 0.25) is 0 Å². The minimum absolute atomic E-state index is 0.514. The third-order valence-electron chi connectivity index (χ3n) is 4.66. The van der Waals surface area contributed by atoms with Crippen molar-refractivity contribution in [3.05, 3.63) is 0 Å². The van der Waals surface area contributed by atoms with Crippen molar-refractivity contribution in [1.29, 1.82) is 0 Å². The molecule has 0 unspecified atom stereocenters. The topological polar surface area (TPSA) is 3.24 Å². The molecule has 0 aliphatic carbocycles. The minimum Gasteiger partial charge on any atom is -0.303 e. The summed E-state index contributed by atoms with van der Waals surface area (Å²) in [4.78, 5) is 2.70. The van der Waals surface area contributed by atoms with Gasteiger partial charge in [-0.2, -0.15) is 0 Å². The molecule has 1 aliphatic heterocycles. The van der Waals surface area contributed by atoms with Gasteiger partial charge in [0.2, 0.25) is 0 Å². The average Bonchev–Trinajstić information content (AvgIpc) is 2.31. The molecule has 1 rings (SSSR count). The Morgan fingerprint density at radius 2 is 1.35 bits per heavy atom. The van der Waals surface area contributed by atoms with E-state index in [2.05, 4.69) is 46.4 Å². The predicted octanol–water partition coefficient (Wildman–Crippen LogP) is 5.74. The molecule has 0 atom stereocenters. The Kier molecular flexibility index (Phi) is 7.04. The zero-order valence-corrected chi connectivity index (χ0v) is 15.1. The fraction of sp³-hybridized carbons (Fsp3) is 1.00. The van der Waals surface area contributed by atoms with Gasteiger partial charge in [-0.25, -0.2) is 0 Å². The molecular formula is C19H39N. The van der Waals surface area contributed by atoms with Crippen LogP contribution in [0.1, 0.15) is 86.5 Å². The number of rotatable bonds is 6. The van der Waals surface area contributed by atoms with E-state index >= 15 is 0 Å². The molecular weight excluding hydrogens is 242 g/mol. The molecule has 0 aromatic rings.